The first kappa shape index (κ1) is 10.3. The number of thioether (sulfide) groups is 1. The third kappa shape index (κ3) is 2.06. The molecular weight excluding hydrogens is 218 g/mol. The Morgan fingerprint density at radius 2 is 2.40 bits per heavy atom. The SMILES string of the molecule is O=C(O)CSc1n[nH]c(=O)n1C1CCC1. The van der Waals surface area contributed by atoms with Crippen LogP contribution in [0.3, 0.4) is 0 Å². The van der Waals surface area contributed by atoms with Crippen molar-refractivity contribution in [3.05, 3.63) is 10.5 Å². The summed E-state index contributed by atoms with van der Waals surface area (Å²) in [6.07, 6.45) is 3.06. The summed E-state index contributed by atoms with van der Waals surface area (Å²) >= 11 is 1.07. The number of hydrogen-bond acceptors (Lipinski definition) is 4. The van der Waals surface area contributed by atoms with Gasteiger partial charge in [0.15, 0.2) is 5.16 Å². The summed E-state index contributed by atoms with van der Waals surface area (Å²) in [6, 6.07) is 0.201. The number of hydrogen-bond donors (Lipinski definition) is 2. The molecule has 1 aliphatic rings. The molecule has 1 aromatic rings. The standard InChI is InChI=1S/C8H11N3O3S/c12-6(13)4-15-8-10-9-7(14)11(8)5-2-1-3-5/h5H,1-4H2,(H,9,14)(H,12,13). The molecule has 0 aromatic carbocycles. The van der Waals surface area contributed by atoms with Crippen molar-refractivity contribution in [2.24, 2.45) is 0 Å². The largest absolute Gasteiger partial charge is 0.481 e. The zero-order valence-corrected chi connectivity index (χ0v) is 8.79. The summed E-state index contributed by atoms with van der Waals surface area (Å²) in [5.41, 5.74) is -0.243. The second kappa shape index (κ2) is 4.09. The molecule has 1 heterocycles. The highest BCUT2D eigenvalue weighted by Crippen LogP contribution is 2.32. The quantitative estimate of drug-likeness (QED) is 0.733. The first-order valence-corrected chi connectivity index (χ1v) is 5.68. The number of carboxylic acids is 1. The van der Waals surface area contributed by atoms with E-state index in [0.29, 0.717) is 5.16 Å². The van der Waals surface area contributed by atoms with Crippen molar-refractivity contribution in [1.82, 2.24) is 14.8 Å². The van der Waals surface area contributed by atoms with Gasteiger partial charge in [-0.25, -0.2) is 9.89 Å². The average molecular weight is 229 g/mol. The van der Waals surface area contributed by atoms with Crippen LogP contribution in [0.5, 0.6) is 0 Å². The van der Waals surface area contributed by atoms with Gasteiger partial charge in [-0.15, -0.1) is 5.10 Å². The van der Waals surface area contributed by atoms with E-state index in [0.717, 1.165) is 31.0 Å². The van der Waals surface area contributed by atoms with Crippen molar-refractivity contribution in [2.75, 3.05) is 5.75 Å². The van der Waals surface area contributed by atoms with Crippen LogP contribution in [0.25, 0.3) is 0 Å². The van der Waals surface area contributed by atoms with Gasteiger partial charge in [0.2, 0.25) is 0 Å². The van der Waals surface area contributed by atoms with E-state index in [4.69, 9.17) is 5.11 Å². The minimum atomic E-state index is -0.907. The summed E-state index contributed by atoms with van der Waals surface area (Å²) in [4.78, 5) is 21.8. The van der Waals surface area contributed by atoms with Crippen LogP contribution in [0.15, 0.2) is 9.95 Å². The molecule has 7 heteroatoms. The smallest absolute Gasteiger partial charge is 0.344 e. The number of nitrogens with zero attached hydrogens (tertiary/aromatic N) is 2. The van der Waals surface area contributed by atoms with Crippen LogP contribution in [-0.2, 0) is 4.79 Å². The molecule has 0 unspecified atom stereocenters. The molecular formula is C8H11N3O3S. The van der Waals surface area contributed by atoms with Crippen molar-refractivity contribution in [2.45, 2.75) is 30.5 Å². The molecule has 15 heavy (non-hydrogen) atoms. The number of carboxylic acid groups (broad SMARTS) is 1. The Bertz CT molecular complexity index is 421. The van der Waals surface area contributed by atoms with E-state index >= 15 is 0 Å². The molecule has 0 atom stereocenters. The highest BCUT2D eigenvalue weighted by atomic mass is 32.2. The maximum Gasteiger partial charge on any atom is 0.344 e. The Labute approximate surface area is 89.7 Å². The number of carbonyl (C=O) groups is 1. The van der Waals surface area contributed by atoms with Gasteiger partial charge in [0.25, 0.3) is 0 Å². The van der Waals surface area contributed by atoms with Gasteiger partial charge >= 0.3 is 11.7 Å². The van der Waals surface area contributed by atoms with Crippen LogP contribution in [-0.4, -0.2) is 31.6 Å². The normalized spacial score (nSPS) is 16.3. The van der Waals surface area contributed by atoms with E-state index in [1.54, 1.807) is 4.57 Å². The van der Waals surface area contributed by atoms with Crippen LogP contribution >= 0.6 is 11.8 Å². The van der Waals surface area contributed by atoms with E-state index < -0.39 is 5.97 Å². The van der Waals surface area contributed by atoms with Crippen LogP contribution in [0, 0.1) is 0 Å². The molecule has 1 aliphatic carbocycles. The first-order chi connectivity index (χ1) is 7.18. The predicted octanol–water partition coefficient (Wildman–Crippen LogP) is 0.473. The maximum atomic E-state index is 11.4. The summed E-state index contributed by atoms with van der Waals surface area (Å²) < 4.78 is 1.57. The fourth-order valence-corrected chi connectivity index (χ4v) is 2.22. The lowest BCUT2D eigenvalue weighted by Crippen LogP contribution is -2.27. The summed E-state index contributed by atoms with van der Waals surface area (Å²) in [5.74, 6) is -0.979. The molecule has 0 saturated heterocycles. The monoisotopic (exact) mass is 229 g/mol. The van der Waals surface area contributed by atoms with Crippen LogP contribution in [0.1, 0.15) is 25.3 Å². The Kier molecular flexibility index (Phi) is 2.81. The fourth-order valence-electron chi connectivity index (χ4n) is 1.49. The molecule has 6 nitrogen and oxygen atoms in total. The van der Waals surface area contributed by atoms with Gasteiger partial charge in [0.05, 0.1) is 5.75 Å². The lowest BCUT2D eigenvalue weighted by atomic mass is 9.93. The molecule has 1 aromatic heterocycles. The maximum absolute atomic E-state index is 11.4. The van der Waals surface area contributed by atoms with Gasteiger partial charge in [-0.05, 0) is 19.3 Å². The van der Waals surface area contributed by atoms with Crippen molar-refractivity contribution < 1.29 is 9.90 Å². The van der Waals surface area contributed by atoms with Crippen LogP contribution in [0.2, 0.25) is 0 Å². The minimum absolute atomic E-state index is 0.0724. The Hall–Kier alpha value is -1.24. The first-order valence-electron chi connectivity index (χ1n) is 4.70. The molecule has 1 fully saturated rings. The second-order valence-corrected chi connectivity index (χ2v) is 4.39. The van der Waals surface area contributed by atoms with Crippen molar-refractivity contribution in [3.8, 4) is 0 Å². The van der Waals surface area contributed by atoms with Gasteiger partial charge in [-0.3, -0.25) is 9.36 Å². The Morgan fingerprint density at radius 3 is 2.93 bits per heavy atom. The molecule has 1 saturated carbocycles. The topological polar surface area (TPSA) is 88.0 Å². The number of rotatable bonds is 4. The number of H-pyrrole nitrogens is 1. The van der Waals surface area contributed by atoms with Gasteiger partial charge in [0.1, 0.15) is 0 Å². The van der Waals surface area contributed by atoms with E-state index in [9.17, 15) is 9.59 Å². The van der Waals surface area contributed by atoms with Gasteiger partial charge in [-0.2, -0.15) is 0 Å². The zero-order valence-electron chi connectivity index (χ0n) is 7.97. The zero-order chi connectivity index (χ0) is 10.8. The van der Waals surface area contributed by atoms with Gasteiger partial charge in [0, 0.05) is 6.04 Å². The second-order valence-electron chi connectivity index (χ2n) is 3.45. The summed E-state index contributed by atoms with van der Waals surface area (Å²) in [5, 5.41) is 15.2. The van der Waals surface area contributed by atoms with Crippen LogP contribution in [0.4, 0.5) is 0 Å². The predicted molar refractivity (Wildman–Crippen MR) is 54.1 cm³/mol. The minimum Gasteiger partial charge on any atom is -0.481 e. The van der Waals surface area contributed by atoms with E-state index in [1.807, 2.05) is 0 Å². The number of aliphatic carboxylic acids is 1. The van der Waals surface area contributed by atoms with E-state index in [2.05, 4.69) is 10.2 Å². The lowest BCUT2D eigenvalue weighted by Gasteiger charge is -2.26. The van der Waals surface area contributed by atoms with Crippen molar-refractivity contribution in [3.63, 3.8) is 0 Å². The third-order valence-corrected chi connectivity index (χ3v) is 3.37. The highest BCUT2D eigenvalue weighted by molar-refractivity contribution is 7.99. The Morgan fingerprint density at radius 1 is 1.67 bits per heavy atom. The lowest BCUT2D eigenvalue weighted by molar-refractivity contribution is -0.133. The number of nitrogens with one attached hydrogen (secondary N) is 1. The van der Waals surface area contributed by atoms with E-state index in [-0.39, 0.29) is 17.5 Å². The molecule has 0 bridgehead atoms. The van der Waals surface area contributed by atoms with Crippen molar-refractivity contribution >= 4 is 17.7 Å². The molecule has 82 valence electrons. The average Bonchev–Trinajstić information content (AvgIpc) is 2.43. The highest BCUT2D eigenvalue weighted by Gasteiger charge is 2.24. The molecule has 2 rings (SSSR count). The summed E-state index contributed by atoms with van der Waals surface area (Å²) in [7, 11) is 0. The van der Waals surface area contributed by atoms with E-state index in [1.165, 1.54) is 0 Å². The fraction of sp³-hybridized carbons (Fsp3) is 0.625. The molecule has 0 amide bonds. The molecule has 0 aliphatic heterocycles. The Balaban J connectivity index is 2.15. The summed E-state index contributed by atoms with van der Waals surface area (Å²) in [6.45, 7) is 0. The van der Waals surface area contributed by atoms with Gasteiger partial charge in [-0.1, -0.05) is 11.8 Å². The molecule has 2 N–H and O–H groups in total. The van der Waals surface area contributed by atoms with Gasteiger partial charge < -0.3 is 5.11 Å². The molecule has 0 spiro atoms. The number of aromatic nitrogens is 3. The number of aromatic amines is 1. The van der Waals surface area contributed by atoms with Crippen LogP contribution < -0.4 is 5.69 Å². The van der Waals surface area contributed by atoms with Crippen molar-refractivity contribution in [1.29, 1.82) is 0 Å². The third-order valence-electron chi connectivity index (χ3n) is 2.44. The molecule has 0 radical (unpaired) electrons.